The molecule has 1 aromatic carbocycles. The molecule has 1 unspecified atom stereocenters. The van der Waals surface area contributed by atoms with Gasteiger partial charge >= 0.3 is 0 Å². The first-order valence-electron chi connectivity index (χ1n) is 10.3. The predicted octanol–water partition coefficient (Wildman–Crippen LogP) is 3.71. The van der Waals surface area contributed by atoms with Gasteiger partial charge in [0, 0.05) is 13.1 Å². The Balaban J connectivity index is 1.61. The molecule has 1 aliphatic rings. The van der Waals surface area contributed by atoms with Crippen LogP contribution in [-0.4, -0.2) is 51.0 Å². The van der Waals surface area contributed by atoms with Gasteiger partial charge in [0.2, 0.25) is 5.91 Å². The lowest BCUT2D eigenvalue weighted by atomic mass is 10.1. The van der Waals surface area contributed by atoms with Gasteiger partial charge in [-0.1, -0.05) is 17.7 Å². The van der Waals surface area contributed by atoms with Gasteiger partial charge in [-0.3, -0.25) is 4.79 Å². The van der Waals surface area contributed by atoms with Crippen LogP contribution in [-0.2, 0) is 21.2 Å². The molecule has 1 fully saturated rings. The Morgan fingerprint density at radius 2 is 1.94 bits per heavy atom. The SMILES string of the molecule is CCOc1ccc(CCNC(=O)C2CCCN2S(=O)(=O)c2ccc(Cl)s2)cc1OCC. The molecule has 1 aromatic heterocycles. The summed E-state index contributed by atoms with van der Waals surface area (Å²) in [4.78, 5) is 12.8. The van der Waals surface area contributed by atoms with Crippen molar-refractivity contribution in [1.29, 1.82) is 0 Å². The minimum absolute atomic E-state index is 0.162. The van der Waals surface area contributed by atoms with E-state index in [-0.39, 0.29) is 10.1 Å². The quantitative estimate of drug-likeness (QED) is 0.553. The van der Waals surface area contributed by atoms with E-state index in [0.717, 1.165) is 16.9 Å². The first-order chi connectivity index (χ1) is 14.9. The molecule has 3 rings (SSSR count). The van der Waals surface area contributed by atoms with Crippen molar-refractivity contribution in [1.82, 2.24) is 9.62 Å². The molecule has 0 aliphatic carbocycles. The lowest BCUT2D eigenvalue weighted by Crippen LogP contribution is -2.46. The summed E-state index contributed by atoms with van der Waals surface area (Å²) in [5.74, 6) is 1.09. The lowest BCUT2D eigenvalue weighted by molar-refractivity contribution is -0.124. The van der Waals surface area contributed by atoms with Crippen LogP contribution in [0.1, 0.15) is 32.3 Å². The van der Waals surface area contributed by atoms with Crippen molar-refractivity contribution in [2.45, 2.75) is 43.4 Å². The Kier molecular flexibility index (Phi) is 8.21. The van der Waals surface area contributed by atoms with Crippen molar-refractivity contribution < 1.29 is 22.7 Å². The zero-order valence-corrected chi connectivity index (χ0v) is 20.0. The normalized spacial score (nSPS) is 16.9. The Labute approximate surface area is 192 Å². The maximum Gasteiger partial charge on any atom is 0.253 e. The van der Waals surface area contributed by atoms with E-state index in [9.17, 15) is 13.2 Å². The average molecular weight is 487 g/mol. The van der Waals surface area contributed by atoms with Crippen LogP contribution >= 0.6 is 22.9 Å². The summed E-state index contributed by atoms with van der Waals surface area (Å²) < 4.78 is 38.9. The Hall–Kier alpha value is -1.81. The molecule has 0 bridgehead atoms. The van der Waals surface area contributed by atoms with Crippen molar-refractivity contribution in [3.63, 3.8) is 0 Å². The third-order valence-corrected chi connectivity index (χ3v) is 8.55. The van der Waals surface area contributed by atoms with Crippen LogP contribution in [0.15, 0.2) is 34.5 Å². The number of halogens is 1. The van der Waals surface area contributed by atoms with E-state index in [2.05, 4.69) is 5.32 Å². The molecule has 170 valence electrons. The molecule has 0 radical (unpaired) electrons. The predicted molar refractivity (Wildman–Crippen MR) is 122 cm³/mol. The van der Waals surface area contributed by atoms with Gasteiger partial charge in [0.15, 0.2) is 11.5 Å². The average Bonchev–Trinajstić information content (AvgIpc) is 3.40. The van der Waals surface area contributed by atoms with Gasteiger partial charge < -0.3 is 14.8 Å². The van der Waals surface area contributed by atoms with Crippen molar-refractivity contribution in [3.05, 3.63) is 40.2 Å². The maximum atomic E-state index is 12.9. The number of nitrogens with zero attached hydrogens (tertiary/aromatic N) is 1. The first kappa shape index (κ1) is 23.8. The lowest BCUT2D eigenvalue weighted by Gasteiger charge is -2.22. The molecule has 7 nitrogen and oxygen atoms in total. The second-order valence-electron chi connectivity index (χ2n) is 7.02. The zero-order chi connectivity index (χ0) is 22.4. The molecule has 2 aromatic rings. The summed E-state index contributed by atoms with van der Waals surface area (Å²) in [6, 6.07) is 8.04. The van der Waals surface area contributed by atoms with E-state index in [1.807, 2.05) is 32.0 Å². The molecule has 2 heterocycles. The third-order valence-electron chi connectivity index (χ3n) is 4.94. The van der Waals surface area contributed by atoms with E-state index in [4.69, 9.17) is 21.1 Å². The second-order valence-corrected chi connectivity index (χ2v) is 10.9. The van der Waals surface area contributed by atoms with Crippen LogP contribution in [0.4, 0.5) is 0 Å². The molecule has 1 N–H and O–H groups in total. The number of thiophene rings is 1. The summed E-state index contributed by atoms with van der Waals surface area (Å²) in [7, 11) is -3.74. The van der Waals surface area contributed by atoms with Gasteiger partial charge in [-0.15, -0.1) is 11.3 Å². The third kappa shape index (κ3) is 5.71. The fourth-order valence-corrected chi connectivity index (χ4v) is 6.81. The number of amides is 1. The highest BCUT2D eigenvalue weighted by atomic mass is 35.5. The zero-order valence-electron chi connectivity index (χ0n) is 17.6. The Morgan fingerprint density at radius 1 is 1.19 bits per heavy atom. The van der Waals surface area contributed by atoms with Crippen LogP contribution in [0, 0.1) is 0 Å². The molecular weight excluding hydrogens is 460 g/mol. The van der Waals surface area contributed by atoms with Gasteiger partial charge in [-0.25, -0.2) is 8.42 Å². The summed E-state index contributed by atoms with van der Waals surface area (Å²) in [6.45, 7) is 5.63. The van der Waals surface area contributed by atoms with Crippen LogP contribution < -0.4 is 14.8 Å². The summed E-state index contributed by atoms with van der Waals surface area (Å²) in [5.41, 5.74) is 0.997. The fourth-order valence-electron chi connectivity index (χ4n) is 3.54. The highest BCUT2D eigenvalue weighted by molar-refractivity contribution is 7.91. The molecule has 0 spiro atoms. The second kappa shape index (κ2) is 10.7. The topological polar surface area (TPSA) is 84.9 Å². The molecule has 31 heavy (non-hydrogen) atoms. The van der Waals surface area contributed by atoms with E-state index >= 15 is 0 Å². The smallest absolute Gasteiger partial charge is 0.253 e. The molecule has 1 atom stereocenters. The number of rotatable bonds is 10. The van der Waals surface area contributed by atoms with Crippen LogP contribution in [0.5, 0.6) is 11.5 Å². The Bertz CT molecular complexity index is 1010. The van der Waals surface area contributed by atoms with Crippen molar-refractivity contribution in [2.75, 3.05) is 26.3 Å². The highest BCUT2D eigenvalue weighted by Crippen LogP contribution is 2.32. The highest BCUT2D eigenvalue weighted by Gasteiger charge is 2.39. The largest absolute Gasteiger partial charge is 0.490 e. The number of carbonyl (C=O) groups is 1. The molecule has 1 saturated heterocycles. The number of hydrogen-bond donors (Lipinski definition) is 1. The summed E-state index contributed by atoms with van der Waals surface area (Å²) >= 11 is 6.90. The van der Waals surface area contributed by atoms with Gasteiger partial charge in [-0.05, 0) is 62.9 Å². The number of carbonyl (C=O) groups excluding carboxylic acids is 1. The van der Waals surface area contributed by atoms with Crippen LogP contribution in [0.25, 0.3) is 0 Å². The van der Waals surface area contributed by atoms with E-state index < -0.39 is 16.1 Å². The number of benzene rings is 1. The molecule has 10 heteroatoms. The van der Waals surface area contributed by atoms with Crippen LogP contribution in [0.2, 0.25) is 4.34 Å². The molecular formula is C21H27ClN2O5S2. The fraction of sp³-hybridized carbons (Fsp3) is 0.476. The van der Waals surface area contributed by atoms with Crippen LogP contribution in [0.3, 0.4) is 0 Å². The van der Waals surface area contributed by atoms with E-state index in [1.165, 1.54) is 10.4 Å². The molecule has 1 aliphatic heterocycles. The first-order valence-corrected chi connectivity index (χ1v) is 12.9. The standard InChI is InChI=1S/C21H27ClN2O5S2/c1-3-28-17-8-7-15(14-18(17)29-4-2)11-12-23-21(25)16-6-5-13-24(16)31(26,27)20-10-9-19(22)30-20/h7-10,14,16H,3-6,11-13H2,1-2H3,(H,23,25). The number of hydrogen-bond acceptors (Lipinski definition) is 6. The van der Waals surface area contributed by atoms with Gasteiger partial charge in [0.1, 0.15) is 10.3 Å². The minimum Gasteiger partial charge on any atom is -0.490 e. The van der Waals surface area contributed by atoms with Crippen molar-refractivity contribution >= 4 is 38.9 Å². The minimum atomic E-state index is -3.74. The number of nitrogens with one attached hydrogen (secondary N) is 1. The van der Waals surface area contributed by atoms with E-state index in [0.29, 0.717) is 61.4 Å². The van der Waals surface area contributed by atoms with Gasteiger partial charge in [0.25, 0.3) is 10.0 Å². The van der Waals surface area contributed by atoms with Crippen molar-refractivity contribution in [3.8, 4) is 11.5 Å². The van der Waals surface area contributed by atoms with Gasteiger partial charge in [-0.2, -0.15) is 4.31 Å². The van der Waals surface area contributed by atoms with Gasteiger partial charge in [0.05, 0.1) is 17.6 Å². The van der Waals surface area contributed by atoms with E-state index in [1.54, 1.807) is 6.07 Å². The maximum absolute atomic E-state index is 12.9. The summed E-state index contributed by atoms with van der Waals surface area (Å²) in [6.07, 6.45) is 1.74. The number of sulfonamides is 1. The monoisotopic (exact) mass is 486 g/mol. The molecule has 0 saturated carbocycles. The number of ether oxygens (including phenoxy) is 2. The molecule has 1 amide bonds. The Morgan fingerprint density at radius 3 is 2.61 bits per heavy atom. The summed E-state index contributed by atoms with van der Waals surface area (Å²) in [5, 5.41) is 2.88. The van der Waals surface area contributed by atoms with Crippen molar-refractivity contribution in [2.24, 2.45) is 0 Å².